The lowest BCUT2D eigenvalue weighted by atomic mass is 9.69. The van der Waals surface area contributed by atoms with Gasteiger partial charge in [-0.15, -0.1) is 0 Å². The molecule has 4 aliphatic rings. The van der Waals surface area contributed by atoms with E-state index in [1.807, 2.05) is 13.8 Å². The molecular formula is C10H12O3. The quantitative estimate of drug-likeness (QED) is 0.658. The number of fused-ring (bicyclic) bond motifs is 4. The lowest BCUT2D eigenvalue weighted by Gasteiger charge is -2.36. The lowest BCUT2D eigenvalue weighted by molar-refractivity contribution is -0.152. The Balaban J connectivity index is 1.72. The van der Waals surface area contributed by atoms with Gasteiger partial charge in [0.1, 0.15) is 0 Å². The summed E-state index contributed by atoms with van der Waals surface area (Å²) in [5.74, 6) is 0.273. The molecule has 4 saturated carbocycles. The van der Waals surface area contributed by atoms with Crippen molar-refractivity contribution in [1.29, 1.82) is 0 Å². The van der Waals surface area contributed by atoms with Crippen molar-refractivity contribution in [2.24, 2.45) is 34.5 Å². The first kappa shape index (κ1) is 6.82. The van der Waals surface area contributed by atoms with Crippen molar-refractivity contribution < 1.29 is 15.0 Å². The summed E-state index contributed by atoms with van der Waals surface area (Å²) in [7, 11) is 0. The van der Waals surface area contributed by atoms with Crippen LogP contribution >= 0.6 is 0 Å². The van der Waals surface area contributed by atoms with Crippen LogP contribution in [-0.2, 0) is 4.79 Å². The Morgan fingerprint density at radius 3 is 2.00 bits per heavy atom. The van der Waals surface area contributed by atoms with Crippen LogP contribution in [0.2, 0.25) is 0 Å². The Morgan fingerprint density at radius 2 is 1.92 bits per heavy atom. The van der Waals surface area contributed by atoms with E-state index in [4.69, 9.17) is 5.11 Å². The average Bonchev–Trinajstić information content (AvgIpc) is 2.88. The Bertz CT molecular complexity index is 364. The number of aliphatic carboxylic acids is 1. The molecule has 3 nitrogen and oxygen atoms in total. The second-order valence-corrected chi connectivity index (χ2v) is 5.52. The minimum absolute atomic E-state index is 0.134. The van der Waals surface area contributed by atoms with E-state index in [1.54, 1.807) is 0 Å². The van der Waals surface area contributed by atoms with Gasteiger partial charge in [0.25, 0.3) is 0 Å². The monoisotopic (exact) mass is 180 g/mol. The molecule has 6 atom stereocenters. The third-order valence-corrected chi connectivity index (χ3v) is 5.29. The molecule has 0 saturated heterocycles. The topological polar surface area (TPSA) is 57.5 Å². The lowest BCUT2D eigenvalue weighted by Crippen LogP contribution is -2.45. The maximum atomic E-state index is 11.1. The summed E-state index contributed by atoms with van der Waals surface area (Å²) in [5.41, 5.74) is -0.462. The first-order valence-electron chi connectivity index (χ1n) is 4.95. The maximum absolute atomic E-state index is 11.1. The summed E-state index contributed by atoms with van der Waals surface area (Å²) in [6.45, 7) is 3.89. The minimum Gasteiger partial charge on any atom is -0.481 e. The van der Waals surface area contributed by atoms with Gasteiger partial charge in [0.2, 0.25) is 0 Å². The van der Waals surface area contributed by atoms with E-state index in [0.717, 1.165) is 0 Å². The molecule has 4 rings (SSSR count). The number of carbonyl (C=O) groups is 1. The zero-order valence-electron chi connectivity index (χ0n) is 7.61. The highest BCUT2D eigenvalue weighted by Crippen LogP contribution is 3.33. The SMILES string of the molecule is CC(C)[C@H](C(=O)O)[C@]12[C@@H]3C4[C@]1(O)[C@]432. The molecule has 4 fully saturated rings. The van der Waals surface area contributed by atoms with E-state index in [9.17, 15) is 9.90 Å². The van der Waals surface area contributed by atoms with Crippen LogP contribution in [0.5, 0.6) is 0 Å². The molecule has 0 aromatic carbocycles. The standard InChI is InChI=1S/C10H12O3/c1-3(2)4(7(11)12)8-5-6-9(5,8)10(6,8)13/h3-6,13H,1-2H3,(H,11,12)/t4-,5+,6?,8-,9+,10-/m1/s1. The number of carboxylic acid groups (broad SMARTS) is 1. The fourth-order valence-electron chi connectivity index (χ4n) is 4.86. The zero-order chi connectivity index (χ0) is 9.39. The Hall–Kier alpha value is -0.570. The van der Waals surface area contributed by atoms with Gasteiger partial charge in [0.15, 0.2) is 0 Å². The number of hydrogen-bond acceptors (Lipinski definition) is 2. The van der Waals surface area contributed by atoms with E-state index in [2.05, 4.69) is 0 Å². The third kappa shape index (κ3) is 0.278. The highest BCUT2D eigenvalue weighted by atomic mass is 16.4. The molecular weight excluding hydrogens is 168 g/mol. The Kier molecular flexibility index (Phi) is 0.620. The van der Waals surface area contributed by atoms with E-state index in [-0.39, 0.29) is 22.7 Å². The van der Waals surface area contributed by atoms with Crippen LogP contribution in [0.25, 0.3) is 0 Å². The zero-order valence-corrected chi connectivity index (χ0v) is 7.61. The molecule has 2 N–H and O–H groups in total. The van der Waals surface area contributed by atoms with E-state index in [0.29, 0.717) is 11.8 Å². The number of hydrogen-bond donors (Lipinski definition) is 2. The number of aliphatic hydroxyl groups is 1. The molecule has 0 radical (unpaired) electrons. The first-order chi connectivity index (χ1) is 6.00. The smallest absolute Gasteiger partial charge is 0.307 e. The van der Waals surface area contributed by atoms with Gasteiger partial charge in [-0.25, -0.2) is 0 Å². The van der Waals surface area contributed by atoms with Crippen LogP contribution in [-0.4, -0.2) is 21.8 Å². The van der Waals surface area contributed by atoms with Gasteiger partial charge in [-0.2, -0.15) is 0 Å². The summed E-state index contributed by atoms with van der Waals surface area (Å²) >= 11 is 0. The second-order valence-electron chi connectivity index (χ2n) is 5.52. The molecule has 0 bridgehead atoms. The molecule has 3 heteroatoms. The van der Waals surface area contributed by atoms with Crippen LogP contribution in [0.15, 0.2) is 0 Å². The minimum atomic E-state index is -0.712. The highest BCUT2D eigenvalue weighted by Gasteiger charge is 3.39. The van der Waals surface area contributed by atoms with E-state index >= 15 is 0 Å². The summed E-state index contributed by atoms with van der Waals surface area (Å²) in [5, 5.41) is 19.0. The molecule has 13 heavy (non-hydrogen) atoms. The van der Waals surface area contributed by atoms with Crippen molar-refractivity contribution in [2.45, 2.75) is 19.4 Å². The Morgan fingerprint density at radius 1 is 1.38 bits per heavy atom. The fraction of sp³-hybridized carbons (Fsp3) is 0.900. The summed E-state index contributed by atoms with van der Waals surface area (Å²) in [6.07, 6.45) is 0. The largest absolute Gasteiger partial charge is 0.481 e. The molecule has 1 spiro atoms. The molecule has 0 aromatic rings. The van der Waals surface area contributed by atoms with E-state index in [1.165, 1.54) is 0 Å². The molecule has 0 aliphatic heterocycles. The number of carboxylic acids is 1. The van der Waals surface area contributed by atoms with Crippen molar-refractivity contribution in [1.82, 2.24) is 0 Å². The first-order valence-corrected chi connectivity index (χ1v) is 4.95. The maximum Gasteiger partial charge on any atom is 0.307 e. The summed E-state index contributed by atoms with van der Waals surface area (Å²) in [4.78, 5) is 11.1. The average molecular weight is 180 g/mol. The van der Waals surface area contributed by atoms with Crippen molar-refractivity contribution in [3.8, 4) is 0 Å². The van der Waals surface area contributed by atoms with Crippen LogP contribution in [0, 0.1) is 34.5 Å². The van der Waals surface area contributed by atoms with Crippen LogP contribution in [0.3, 0.4) is 0 Å². The third-order valence-electron chi connectivity index (χ3n) is 5.29. The van der Waals surface area contributed by atoms with Crippen LogP contribution in [0.4, 0.5) is 0 Å². The predicted molar refractivity (Wildman–Crippen MR) is 42.8 cm³/mol. The fourth-order valence-corrected chi connectivity index (χ4v) is 4.86. The van der Waals surface area contributed by atoms with Gasteiger partial charge in [-0.05, 0) is 11.8 Å². The normalized spacial score (nSPS) is 69.5. The van der Waals surface area contributed by atoms with E-state index < -0.39 is 11.6 Å². The van der Waals surface area contributed by atoms with Crippen LogP contribution < -0.4 is 0 Å². The van der Waals surface area contributed by atoms with Crippen molar-refractivity contribution >= 4 is 5.97 Å². The number of rotatable bonds is 3. The molecule has 0 aromatic heterocycles. The molecule has 0 amide bonds. The molecule has 1 unspecified atom stereocenters. The van der Waals surface area contributed by atoms with Crippen LogP contribution in [0.1, 0.15) is 13.8 Å². The van der Waals surface area contributed by atoms with Gasteiger partial charge in [0, 0.05) is 16.7 Å². The van der Waals surface area contributed by atoms with Gasteiger partial charge in [0.05, 0.1) is 11.5 Å². The van der Waals surface area contributed by atoms with Crippen molar-refractivity contribution in [2.75, 3.05) is 0 Å². The predicted octanol–water partition coefficient (Wildman–Crippen LogP) is 0.334. The van der Waals surface area contributed by atoms with Gasteiger partial charge in [-0.3, -0.25) is 4.79 Å². The highest BCUT2D eigenvalue weighted by molar-refractivity contribution is 5.91. The molecule has 4 aliphatic carbocycles. The van der Waals surface area contributed by atoms with Gasteiger partial charge >= 0.3 is 5.97 Å². The van der Waals surface area contributed by atoms with Gasteiger partial charge < -0.3 is 10.2 Å². The molecule has 70 valence electrons. The summed E-state index contributed by atoms with van der Waals surface area (Å²) in [6, 6.07) is 0. The summed E-state index contributed by atoms with van der Waals surface area (Å²) < 4.78 is 0. The molecule has 0 heterocycles. The van der Waals surface area contributed by atoms with Gasteiger partial charge in [-0.1, -0.05) is 13.8 Å². The Labute approximate surface area is 75.8 Å². The second kappa shape index (κ2) is 1.18. The van der Waals surface area contributed by atoms with Crippen molar-refractivity contribution in [3.63, 3.8) is 0 Å². The van der Waals surface area contributed by atoms with Crippen molar-refractivity contribution in [3.05, 3.63) is 0 Å².